The molecule has 3 aliphatic rings. The van der Waals surface area contributed by atoms with Gasteiger partial charge in [0.05, 0.1) is 5.69 Å². The monoisotopic (exact) mass is 327 g/mol. The third kappa shape index (κ3) is 3.17. The zero-order valence-electron chi connectivity index (χ0n) is 14.0. The summed E-state index contributed by atoms with van der Waals surface area (Å²) in [7, 11) is 0. The quantitative estimate of drug-likeness (QED) is 0.678. The van der Waals surface area contributed by atoms with Gasteiger partial charge < -0.3 is 5.32 Å². The summed E-state index contributed by atoms with van der Waals surface area (Å²) >= 11 is 0. The molecule has 128 valence electrons. The van der Waals surface area contributed by atoms with Gasteiger partial charge in [0.2, 0.25) is 5.91 Å². The van der Waals surface area contributed by atoms with Gasteiger partial charge >= 0.3 is 0 Å². The minimum absolute atomic E-state index is 0.0305. The molecule has 1 aromatic heterocycles. The van der Waals surface area contributed by atoms with E-state index in [9.17, 15) is 9.59 Å². The van der Waals surface area contributed by atoms with Crippen molar-refractivity contribution in [2.24, 2.45) is 17.8 Å². The third-order valence-electron chi connectivity index (χ3n) is 5.80. The number of allylic oxidation sites excluding steroid dienone is 2. The van der Waals surface area contributed by atoms with Crippen molar-refractivity contribution >= 4 is 5.91 Å². The highest BCUT2D eigenvalue weighted by Gasteiger charge is 2.35. The average Bonchev–Trinajstić information content (AvgIpc) is 3.12. The second-order valence-electron chi connectivity index (χ2n) is 7.52. The first-order chi connectivity index (χ1) is 11.7. The first-order valence-electron chi connectivity index (χ1n) is 9.24. The highest BCUT2D eigenvalue weighted by Crippen LogP contribution is 2.42. The fraction of sp³-hybridized carbons (Fsp3) is 0.632. The Balaban J connectivity index is 1.38. The van der Waals surface area contributed by atoms with Crippen LogP contribution >= 0.6 is 0 Å². The molecule has 0 aliphatic heterocycles. The Morgan fingerprint density at radius 1 is 1.21 bits per heavy atom. The second-order valence-corrected chi connectivity index (χ2v) is 7.52. The van der Waals surface area contributed by atoms with E-state index < -0.39 is 0 Å². The average molecular weight is 327 g/mol. The number of aromatic nitrogens is 2. The highest BCUT2D eigenvalue weighted by molar-refractivity contribution is 5.75. The Morgan fingerprint density at radius 3 is 2.88 bits per heavy atom. The van der Waals surface area contributed by atoms with Gasteiger partial charge in [-0.15, -0.1) is 0 Å². The number of fused-ring (bicyclic) bond motifs is 3. The van der Waals surface area contributed by atoms with E-state index in [2.05, 4.69) is 22.6 Å². The number of aryl methyl sites for hydroxylation is 2. The Hall–Kier alpha value is -1.91. The predicted molar refractivity (Wildman–Crippen MR) is 91.6 cm³/mol. The number of carbonyl (C=O) groups is 1. The SMILES string of the molecule is O=C(Cn1nc2c(cc1=O)CCCCC2)NC[C@@H]1C[C@H]2C=C[C@@H]1C2. The van der Waals surface area contributed by atoms with Crippen LogP contribution in [0.1, 0.15) is 43.4 Å². The normalized spacial score (nSPS) is 27.8. The first kappa shape index (κ1) is 15.6. The van der Waals surface area contributed by atoms with Crippen molar-refractivity contribution in [3.8, 4) is 0 Å². The molecule has 3 aliphatic carbocycles. The summed E-state index contributed by atoms with van der Waals surface area (Å²) in [5, 5.41) is 7.47. The molecule has 0 radical (unpaired) electrons. The maximum Gasteiger partial charge on any atom is 0.267 e. The van der Waals surface area contributed by atoms with Gasteiger partial charge in [0.15, 0.2) is 0 Å². The van der Waals surface area contributed by atoms with Crippen molar-refractivity contribution < 1.29 is 4.79 Å². The van der Waals surface area contributed by atoms with E-state index in [1.54, 1.807) is 6.07 Å². The van der Waals surface area contributed by atoms with E-state index in [4.69, 9.17) is 0 Å². The van der Waals surface area contributed by atoms with E-state index in [0.29, 0.717) is 24.3 Å². The van der Waals surface area contributed by atoms with Gasteiger partial charge in [-0.25, -0.2) is 4.68 Å². The number of nitrogens with one attached hydrogen (secondary N) is 1. The van der Waals surface area contributed by atoms with E-state index in [1.807, 2.05) is 0 Å². The zero-order chi connectivity index (χ0) is 16.5. The predicted octanol–water partition coefficient (Wildman–Crippen LogP) is 1.84. The molecular weight excluding hydrogens is 302 g/mol. The molecular formula is C19H25N3O2. The summed E-state index contributed by atoms with van der Waals surface area (Å²) < 4.78 is 1.33. The molecule has 1 amide bonds. The second kappa shape index (κ2) is 6.54. The Bertz CT molecular complexity index is 722. The van der Waals surface area contributed by atoms with Crippen molar-refractivity contribution in [3.63, 3.8) is 0 Å². The number of rotatable bonds is 4. The fourth-order valence-corrected chi connectivity index (χ4v) is 4.46. The molecule has 3 atom stereocenters. The maximum absolute atomic E-state index is 12.2. The molecule has 0 unspecified atom stereocenters. The van der Waals surface area contributed by atoms with E-state index in [1.165, 1.54) is 23.9 Å². The minimum atomic E-state index is -0.159. The molecule has 0 saturated heterocycles. The summed E-state index contributed by atoms with van der Waals surface area (Å²) in [5.41, 5.74) is 1.91. The number of amides is 1. The van der Waals surface area contributed by atoms with Crippen molar-refractivity contribution in [1.29, 1.82) is 0 Å². The number of carbonyl (C=O) groups excluding carboxylic acids is 1. The van der Waals surface area contributed by atoms with Crippen molar-refractivity contribution in [1.82, 2.24) is 15.1 Å². The molecule has 1 fully saturated rings. The summed E-state index contributed by atoms with van der Waals surface area (Å²) in [6.07, 6.45) is 12.3. The van der Waals surface area contributed by atoms with Crippen molar-refractivity contribution in [3.05, 3.63) is 39.8 Å². The molecule has 1 saturated carbocycles. The summed E-state index contributed by atoms with van der Waals surface area (Å²) in [6, 6.07) is 1.68. The Morgan fingerprint density at radius 2 is 2.08 bits per heavy atom. The minimum Gasteiger partial charge on any atom is -0.354 e. The van der Waals surface area contributed by atoms with Crippen LogP contribution in [0.5, 0.6) is 0 Å². The van der Waals surface area contributed by atoms with Gasteiger partial charge in [-0.3, -0.25) is 9.59 Å². The van der Waals surface area contributed by atoms with Crippen molar-refractivity contribution in [2.75, 3.05) is 6.54 Å². The lowest BCUT2D eigenvalue weighted by Crippen LogP contribution is -2.37. The molecule has 24 heavy (non-hydrogen) atoms. The molecule has 4 rings (SSSR count). The molecule has 1 heterocycles. The van der Waals surface area contributed by atoms with E-state index >= 15 is 0 Å². The fourth-order valence-electron chi connectivity index (χ4n) is 4.46. The number of hydrogen-bond acceptors (Lipinski definition) is 3. The smallest absolute Gasteiger partial charge is 0.267 e. The van der Waals surface area contributed by atoms with Gasteiger partial charge in [0.1, 0.15) is 6.54 Å². The first-order valence-corrected chi connectivity index (χ1v) is 9.24. The molecule has 2 bridgehead atoms. The van der Waals surface area contributed by atoms with Crippen LogP contribution in [0, 0.1) is 17.8 Å². The van der Waals surface area contributed by atoms with Crippen molar-refractivity contribution in [2.45, 2.75) is 51.5 Å². The van der Waals surface area contributed by atoms with Crippen LogP contribution < -0.4 is 10.9 Å². The van der Waals surface area contributed by atoms with Gasteiger partial charge in [0, 0.05) is 12.6 Å². The lowest BCUT2D eigenvalue weighted by Gasteiger charge is -2.18. The molecule has 5 heteroatoms. The molecule has 1 aromatic rings. The summed E-state index contributed by atoms with van der Waals surface area (Å²) in [4.78, 5) is 24.4. The largest absolute Gasteiger partial charge is 0.354 e. The molecule has 0 spiro atoms. The van der Waals surface area contributed by atoms with Crippen LogP contribution in [0.4, 0.5) is 0 Å². The van der Waals surface area contributed by atoms with Crippen LogP contribution in [0.15, 0.2) is 23.0 Å². The maximum atomic E-state index is 12.2. The lowest BCUT2D eigenvalue weighted by atomic mass is 9.94. The van der Waals surface area contributed by atoms with Gasteiger partial charge in [-0.1, -0.05) is 18.6 Å². The van der Waals surface area contributed by atoms with Crippen LogP contribution in [0.2, 0.25) is 0 Å². The van der Waals surface area contributed by atoms with Crippen LogP contribution in [0.3, 0.4) is 0 Å². The third-order valence-corrected chi connectivity index (χ3v) is 5.80. The lowest BCUT2D eigenvalue weighted by molar-refractivity contribution is -0.122. The van der Waals surface area contributed by atoms with Gasteiger partial charge in [-0.2, -0.15) is 5.10 Å². The highest BCUT2D eigenvalue weighted by atomic mass is 16.2. The van der Waals surface area contributed by atoms with Crippen LogP contribution in [-0.4, -0.2) is 22.2 Å². The number of hydrogen-bond donors (Lipinski definition) is 1. The molecule has 1 N–H and O–H groups in total. The van der Waals surface area contributed by atoms with Gasteiger partial charge in [-0.05, 0) is 61.8 Å². The molecule has 5 nitrogen and oxygen atoms in total. The Labute approximate surface area is 142 Å². The zero-order valence-corrected chi connectivity index (χ0v) is 14.0. The summed E-state index contributed by atoms with van der Waals surface area (Å²) in [6.45, 7) is 0.743. The molecule has 0 aromatic carbocycles. The van der Waals surface area contributed by atoms with Crippen LogP contribution in [-0.2, 0) is 24.2 Å². The number of nitrogens with zero attached hydrogens (tertiary/aromatic N) is 2. The standard InChI is InChI=1S/C19H25N3O2/c23-18(20-11-16-9-13-6-7-14(16)8-13)12-22-19(24)10-15-4-2-1-3-5-17(15)21-22/h6-7,10,13-14,16H,1-5,8-9,11-12H2,(H,20,23)/t13-,14+,16-/m0/s1. The topological polar surface area (TPSA) is 64.0 Å². The van der Waals surface area contributed by atoms with E-state index in [0.717, 1.165) is 36.9 Å². The summed E-state index contributed by atoms with van der Waals surface area (Å²) in [5.74, 6) is 1.79. The van der Waals surface area contributed by atoms with E-state index in [-0.39, 0.29) is 18.0 Å². The van der Waals surface area contributed by atoms with Gasteiger partial charge in [0.25, 0.3) is 5.56 Å². The van der Waals surface area contributed by atoms with Crippen LogP contribution in [0.25, 0.3) is 0 Å². The Kier molecular flexibility index (Phi) is 4.25.